The molecule has 0 unspecified atom stereocenters. The minimum Gasteiger partial charge on any atom is -0.493 e. The number of rotatable bonds is 5. The van der Waals surface area contributed by atoms with Crippen molar-refractivity contribution in [1.82, 2.24) is 5.06 Å². The smallest absolute Gasteiger partial charge is 0.162 e. The van der Waals surface area contributed by atoms with Crippen molar-refractivity contribution in [1.29, 1.82) is 0 Å². The van der Waals surface area contributed by atoms with Gasteiger partial charge in [-0.1, -0.05) is 42.5 Å². The zero-order chi connectivity index (χ0) is 20.4. The van der Waals surface area contributed by atoms with Gasteiger partial charge in [0.2, 0.25) is 0 Å². The van der Waals surface area contributed by atoms with Crippen LogP contribution in [-0.2, 0) is 6.61 Å². The summed E-state index contributed by atoms with van der Waals surface area (Å²) in [6.07, 6.45) is 4.02. The first-order chi connectivity index (χ1) is 13.2. The summed E-state index contributed by atoms with van der Waals surface area (Å²) in [5.74, 6) is 1.43. The van der Waals surface area contributed by atoms with E-state index in [1.165, 1.54) is 10.6 Å². The molecule has 1 fully saturated rings. The topological polar surface area (TPSA) is 41.9 Å². The number of piperidine rings is 1. The third-order valence-corrected chi connectivity index (χ3v) is 5.66. The Kier molecular flexibility index (Phi) is 5.82. The Hall–Kier alpha value is -2.30. The summed E-state index contributed by atoms with van der Waals surface area (Å²) in [6.45, 7) is 8.77. The average Bonchev–Trinajstić information content (AvgIpc) is 2.68. The Morgan fingerprint density at radius 2 is 1.75 bits per heavy atom. The van der Waals surface area contributed by atoms with E-state index in [-0.39, 0.29) is 5.54 Å². The van der Waals surface area contributed by atoms with Gasteiger partial charge in [0.1, 0.15) is 6.61 Å². The largest absolute Gasteiger partial charge is 0.493 e. The molecule has 0 saturated carbocycles. The standard InChI is InChI=1S/C24H31NO3/c1-23(2)14-13-20(24(3,4)25(23)26)15-19-11-12-21(27-5)22(16-19)28-17-18-9-7-6-8-10-18/h6-12,15-16,26H,13-14,17H2,1-5H3. The minimum atomic E-state index is -0.424. The molecule has 0 bridgehead atoms. The van der Waals surface area contributed by atoms with Crippen LogP contribution < -0.4 is 9.47 Å². The Morgan fingerprint density at radius 1 is 1.04 bits per heavy atom. The van der Waals surface area contributed by atoms with Gasteiger partial charge in [-0.2, -0.15) is 5.06 Å². The van der Waals surface area contributed by atoms with Crippen molar-refractivity contribution in [3.8, 4) is 11.5 Å². The van der Waals surface area contributed by atoms with Gasteiger partial charge in [0.05, 0.1) is 12.6 Å². The predicted octanol–water partition coefficient (Wildman–Crippen LogP) is 5.70. The van der Waals surface area contributed by atoms with E-state index in [4.69, 9.17) is 9.47 Å². The summed E-state index contributed by atoms with van der Waals surface area (Å²) in [4.78, 5) is 0. The van der Waals surface area contributed by atoms with E-state index in [1.807, 2.05) is 48.5 Å². The molecule has 28 heavy (non-hydrogen) atoms. The number of hydroxylamine groups is 2. The first-order valence-corrected chi connectivity index (χ1v) is 9.79. The van der Waals surface area contributed by atoms with Gasteiger partial charge >= 0.3 is 0 Å². The van der Waals surface area contributed by atoms with Crippen molar-refractivity contribution in [2.45, 2.75) is 58.2 Å². The summed E-state index contributed by atoms with van der Waals surface area (Å²) in [6, 6.07) is 16.1. The van der Waals surface area contributed by atoms with Crippen LogP contribution in [-0.4, -0.2) is 28.5 Å². The van der Waals surface area contributed by atoms with Gasteiger partial charge < -0.3 is 14.7 Å². The number of hydrogen-bond donors (Lipinski definition) is 1. The fourth-order valence-electron chi connectivity index (χ4n) is 3.83. The molecule has 1 heterocycles. The van der Waals surface area contributed by atoms with E-state index < -0.39 is 5.54 Å². The molecular weight excluding hydrogens is 350 g/mol. The van der Waals surface area contributed by atoms with Gasteiger partial charge in [-0.15, -0.1) is 0 Å². The van der Waals surface area contributed by atoms with Crippen LogP contribution in [0.5, 0.6) is 11.5 Å². The molecule has 2 aromatic carbocycles. The van der Waals surface area contributed by atoms with Gasteiger partial charge in [0, 0.05) is 5.54 Å². The second kappa shape index (κ2) is 7.98. The molecule has 2 aromatic rings. The van der Waals surface area contributed by atoms with Crippen molar-refractivity contribution >= 4 is 6.08 Å². The second-order valence-electron chi connectivity index (χ2n) is 8.54. The Balaban J connectivity index is 1.85. The molecule has 4 heteroatoms. The van der Waals surface area contributed by atoms with Crippen LogP contribution in [0.4, 0.5) is 0 Å². The van der Waals surface area contributed by atoms with E-state index in [1.54, 1.807) is 7.11 Å². The highest BCUT2D eigenvalue weighted by Crippen LogP contribution is 2.41. The normalized spacial score (nSPS) is 20.1. The van der Waals surface area contributed by atoms with Crippen LogP contribution in [0.1, 0.15) is 51.7 Å². The number of nitrogens with zero attached hydrogens (tertiary/aromatic N) is 1. The fraction of sp³-hybridized carbons (Fsp3) is 0.417. The first kappa shape index (κ1) is 20.4. The summed E-state index contributed by atoms with van der Waals surface area (Å²) >= 11 is 0. The molecule has 0 aromatic heterocycles. The molecule has 0 spiro atoms. The Bertz CT molecular complexity index is 840. The highest BCUT2D eigenvalue weighted by atomic mass is 16.5. The molecule has 0 amide bonds. The molecule has 1 aliphatic rings. The predicted molar refractivity (Wildman–Crippen MR) is 113 cm³/mol. The van der Waals surface area contributed by atoms with Crippen molar-refractivity contribution in [2.24, 2.45) is 0 Å². The zero-order valence-corrected chi connectivity index (χ0v) is 17.5. The van der Waals surface area contributed by atoms with E-state index in [0.717, 1.165) is 29.7 Å². The maximum Gasteiger partial charge on any atom is 0.162 e. The van der Waals surface area contributed by atoms with Crippen LogP contribution in [0.2, 0.25) is 0 Å². The molecular formula is C24H31NO3. The molecule has 0 atom stereocenters. The fourth-order valence-corrected chi connectivity index (χ4v) is 3.83. The molecule has 3 rings (SSSR count). The van der Waals surface area contributed by atoms with E-state index in [9.17, 15) is 5.21 Å². The zero-order valence-electron chi connectivity index (χ0n) is 17.5. The third-order valence-electron chi connectivity index (χ3n) is 5.66. The van der Waals surface area contributed by atoms with Crippen molar-refractivity contribution < 1.29 is 14.7 Å². The number of hydrogen-bond acceptors (Lipinski definition) is 4. The lowest BCUT2D eigenvalue weighted by molar-refractivity contribution is -0.224. The lowest BCUT2D eigenvalue weighted by atomic mass is 9.77. The SMILES string of the molecule is COc1ccc(C=C2CCC(C)(C)N(O)C2(C)C)cc1OCc1ccccc1. The summed E-state index contributed by atoms with van der Waals surface area (Å²) in [5.41, 5.74) is 2.70. The number of benzene rings is 2. The quantitative estimate of drug-likeness (QED) is 0.721. The Labute approximate surface area is 168 Å². The van der Waals surface area contributed by atoms with Crippen molar-refractivity contribution in [3.05, 3.63) is 65.2 Å². The van der Waals surface area contributed by atoms with Gasteiger partial charge in [0.25, 0.3) is 0 Å². The molecule has 0 radical (unpaired) electrons. The second-order valence-corrected chi connectivity index (χ2v) is 8.54. The van der Waals surface area contributed by atoms with Gasteiger partial charge in [-0.3, -0.25) is 0 Å². The van der Waals surface area contributed by atoms with Gasteiger partial charge in [-0.05, 0) is 69.4 Å². The van der Waals surface area contributed by atoms with E-state index >= 15 is 0 Å². The van der Waals surface area contributed by atoms with Gasteiger partial charge in [-0.25, -0.2) is 0 Å². The summed E-state index contributed by atoms with van der Waals surface area (Å²) in [5, 5.41) is 12.2. The van der Waals surface area contributed by atoms with Crippen LogP contribution in [0.25, 0.3) is 6.08 Å². The maximum atomic E-state index is 10.7. The lowest BCUT2D eigenvalue weighted by Gasteiger charge is -2.50. The highest BCUT2D eigenvalue weighted by molar-refractivity contribution is 5.60. The molecule has 150 valence electrons. The maximum absolute atomic E-state index is 10.7. The van der Waals surface area contributed by atoms with Crippen LogP contribution in [0, 0.1) is 0 Å². The first-order valence-electron chi connectivity index (χ1n) is 9.79. The third kappa shape index (κ3) is 4.23. The van der Waals surface area contributed by atoms with Crippen molar-refractivity contribution in [2.75, 3.05) is 7.11 Å². The molecule has 1 N–H and O–H groups in total. The molecule has 1 saturated heterocycles. The lowest BCUT2D eigenvalue weighted by Crippen LogP contribution is -2.57. The van der Waals surface area contributed by atoms with Crippen molar-refractivity contribution in [3.63, 3.8) is 0 Å². The van der Waals surface area contributed by atoms with Gasteiger partial charge in [0.15, 0.2) is 11.5 Å². The monoisotopic (exact) mass is 381 g/mol. The minimum absolute atomic E-state index is 0.231. The summed E-state index contributed by atoms with van der Waals surface area (Å²) in [7, 11) is 1.65. The van der Waals surface area contributed by atoms with E-state index in [2.05, 4.69) is 33.8 Å². The van der Waals surface area contributed by atoms with E-state index in [0.29, 0.717) is 12.4 Å². The van der Waals surface area contributed by atoms with Crippen LogP contribution >= 0.6 is 0 Å². The van der Waals surface area contributed by atoms with Crippen LogP contribution in [0.15, 0.2) is 54.1 Å². The molecule has 4 nitrogen and oxygen atoms in total. The van der Waals surface area contributed by atoms with Crippen LogP contribution in [0.3, 0.4) is 0 Å². The average molecular weight is 382 g/mol. The summed E-state index contributed by atoms with van der Waals surface area (Å²) < 4.78 is 11.5. The molecule has 0 aliphatic carbocycles. The number of ether oxygens (including phenoxy) is 2. The Morgan fingerprint density at radius 3 is 2.43 bits per heavy atom. The number of methoxy groups -OCH3 is 1. The molecule has 1 aliphatic heterocycles. The highest BCUT2D eigenvalue weighted by Gasteiger charge is 2.43.